The Kier molecular flexibility index (Phi) is 3.27. The summed E-state index contributed by atoms with van der Waals surface area (Å²) in [6, 6.07) is 4.09. The van der Waals surface area contributed by atoms with Crippen molar-refractivity contribution in [1.82, 2.24) is 10.2 Å². The lowest BCUT2D eigenvalue weighted by atomic mass is 9.84. The summed E-state index contributed by atoms with van der Waals surface area (Å²) >= 11 is 0. The molecular weight excluding hydrogens is 270 g/mol. The molecule has 0 amide bonds. The van der Waals surface area contributed by atoms with Crippen molar-refractivity contribution < 1.29 is 8.78 Å². The van der Waals surface area contributed by atoms with E-state index in [0.29, 0.717) is 18.0 Å². The number of likely N-dealkylation sites (N-methyl/N-ethyl adjacent to an activating group) is 1. The highest BCUT2D eigenvalue weighted by Gasteiger charge is 2.41. The molecule has 0 aromatic heterocycles. The topological polar surface area (TPSA) is 15.3 Å². The lowest BCUT2D eigenvalue weighted by molar-refractivity contribution is 0.221. The number of benzene rings is 1. The van der Waals surface area contributed by atoms with E-state index in [1.165, 1.54) is 17.8 Å². The minimum atomic E-state index is -0.538. The number of nitrogens with zero attached hydrogens (tertiary/aromatic N) is 1. The molecule has 1 unspecified atom stereocenters. The second-order valence-corrected chi connectivity index (χ2v) is 6.63. The van der Waals surface area contributed by atoms with Gasteiger partial charge in [0.2, 0.25) is 0 Å². The molecule has 1 aromatic carbocycles. The Morgan fingerprint density at radius 1 is 1.33 bits per heavy atom. The average molecular weight is 290 g/mol. The van der Waals surface area contributed by atoms with Crippen LogP contribution >= 0.6 is 0 Å². The van der Waals surface area contributed by atoms with Crippen LogP contribution in [-0.4, -0.2) is 24.5 Å². The van der Waals surface area contributed by atoms with Crippen LogP contribution in [0.2, 0.25) is 0 Å². The Bertz CT molecular complexity index is 632. The van der Waals surface area contributed by atoms with Crippen LogP contribution in [0.25, 0.3) is 0 Å². The molecule has 3 rings (SSSR count). The van der Waals surface area contributed by atoms with Crippen LogP contribution in [0.15, 0.2) is 41.7 Å². The maximum absolute atomic E-state index is 13.8. The summed E-state index contributed by atoms with van der Waals surface area (Å²) in [6.07, 6.45) is 4.63. The van der Waals surface area contributed by atoms with Gasteiger partial charge < -0.3 is 10.2 Å². The van der Waals surface area contributed by atoms with Gasteiger partial charge in [0.05, 0.1) is 6.04 Å². The summed E-state index contributed by atoms with van der Waals surface area (Å²) in [7, 11) is 2.05. The van der Waals surface area contributed by atoms with E-state index < -0.39 is 11.6 Å². The number of nitrogens with one attached hydrogen (secondary N) is 1. The lowest BCUT2D eigenvalue weighted by Crippen LogP contribution is -2.40. The quantitative estimate of drug-likeness (QED) is 0.899. The number of allylic oxidation sites excluding steroid dienone is 2. The number of hydrogen-bond donors (Lipinski definition) is 1. The third-order valence-corrected chi connectivity index (χ3v) is 4.31. The molecule has 2 aliphatic rings. The number of rotatable bonds is 2. The Hall–Kier alpha value is -1.84. The van der Waals surface area contributed by atoms with Crippen molar-refractivity contribution >= 4 is 0 Å². The fraction of sp³-hybridized carbons (Fsp3) is 0.412. The van der Waals surface area contributed by atoms with Gasteiger partial charge in [-0.05, 0) is 23.3 Å². The number of halogens is 2. The van der Waals surface area contributed by atoms with Crippen LogP contribution in [-0.2, 0) is 6.42 Å². The predicted molar refractivity (Wildman–Crippen MR) is 79.6 cm³/mol. The molecule has 0 saturated carbocycles. The molecule has 1 aromatic rings. The first-order chi connectivity index (χ1) is 9.87. The zero-order chi connectivity index (χ0) is 15.2. The molecule has 112 valence electrons. The van der Waals surface area contributed by atoms with Gasteiger partial charge in [-0.15, -0.1) is 0 Å². The average Bonchev–Trinajstić information content (AvgIpc) is 2.69. The van der Waals surface area contributed by atoms with Crippen molar-refractivity contribution in [2.45, 2.75) is 26.3 Å². The Morgan fingerprint density at radius 2 is 2.10 bits per heavy atom. The first-order valence-electron chi connectivity index (χ1n) is 7.19. The van der Waals surface area contributed by atoms with E-state index in [-0.39, 0.29) is 5.41 Å². The van der Waals surface area contributed by atoms with Gasteiger partial charge in [-0.3, -0.25) is 0 Å². The van der Waals surface area contributed by atoms with Crippen LogP contribution in [0.3, 0.4) is 0 Å². The third-order valence-electron chi connectivity index (χ3n) is 4.31. The highest BCUT2D eigenvalue weighted by Crippen LogP contribution is 2.37. The molecule has 0 spiro atoms. The van der Waals surface area contributed by atoms with Gasteiger partial charge >= 0.3 is 0 Å². The molecule has 1 saturated heterocycles. The summed E-state index contributed by atoms with van der Waals surface area (Å²) in [5.74, 6) is -1.03. The molecule has 2 nitrogen and oxygen atoms in total. The van der Waals surface area contributed by atoms with Gasteiger partial charge in [0, 0.05) is 43.4 Å². The molecule has 1 N–H and O–H groups in total. The van der Waals surface area contributed by atoms with Crippen LogP contribution < -0.4 is 5.32 Å². The van der Waals surface area contributed by atoms with Gasteiger partial charge in [-0.1, -0.05) is 19.9 Å². The minimum absolute atomic E-state index is 0.170. The Balaban J connectivity index is 1.85. The van der Waals surface area contributed by atoms with Crippen molar-refractivity contribution in [1.29, 1.82) is 0 Å². The van der Waals surface area contributed by atoms with Crippen molar-refractivity contribution in [2.24, 2.45) is 5.41 Å². The summed E-state index contributed by atoms with van der Waals surface area (Å²) in [6.45, 7) is 5.40. The molecule has 1 fully saturated rings. The molecule has 2 aliphatic heterocycles. The molecule has 2 heterocycles. The van der Waals surface area contributed by atoms with Crippen molar-refractivity contribution in [2.75, 3.05) is 13.6 Å². The van der Waals surface area contributed by atoms with Crippen molar-refractivity contribution in [3.8, 4) is 0 Å². The van der Waals surface area contributed by atoms with Gasteiger partial charge in [0.25, 0.3) is 0 Å². The summed E-state index contributed by atoms with van der Waals surface area (Å²) in [5, 5.41) is 3.44. The van der Waals surface area contributed by atoms with Crippen LogP contribution in [0.1, 0.15) is 19.4 Å². The monoisotopic (exact) mass is 290 g/mol. The molecule has 4 heteroatoms. The zero-order valence-electron chi connectivity index (χ0n) is 12.6. The van der Waals surface area contributed by atoms with E-state index in [4.69, 9.17) is 0 Å². The highest BCUT2D eigenvalue weighted by molar-refractivity contribution is 5.38. The van der Waals surface area contributed by atoms with Gasteiger partial charge in [0.1, 0.15) is 11.6 Å². The second-order valence-electron chi connectivity index (χ2n) is 6.63. The fourth-order valence-electron chi connectivity index (χ4n) is 3.40. The molecule has 0 radical (unpaired) electrons. The largest absolute Gasteiger partial charge is 0.386 e. The maximum Gasteiger partial charge on any atom is 0.129 e. The van der Waals surface area contributed by atoms with E-state index in [0.717, 1.165) is 18.2 Å². The van der Waals surface area contributed by atoms with Crippen LogP contribution in [0, 0.1) is 17.0 Å². The SMILES string of the molecule is CN1C=C(Cc2ccc(F)cc2F)C=C2NCC(C)(C)C21. The van der Waals surface area contributed by atoms with Crippen LogP contribution in [0.4, 0.5) is 8.78 Å². The number of fused-ring (bicyclic) bond motifs is 1. The molecule has 21 heavy (non-hydrogen) atoms. The van der Waals surface area contributed by atoms with E-state index in [1.54, 1.807) is 0 Å². The van der Waals surface area contributed by atoms with E-state index in [9.17, 15) is 8.78 Å². The minimum Gasteiger partial charge on any atom is -0.386 e. The lowest BCUT2D eigenvalue weighted by Gasteiger charge is -2.36. The first-order valence-corrected chi connectivity index (χ1v) is 7.19. The zero-order valence-corrected chi connectivity index (χ0v) is 12.6. The van der Waals surface area contributed by atoms with E-state index in [1.807, 2.05) is 7.05 Å². The normalized spacial score (nSPS) is 23.3. The Labute approximate surface area is 124 Å². The molecule has 0 bridgehead atoms. The van der Waals surface area contributed by atoms with Gasteiger partial charge in [0.15, 0.2) is 0 Å². The second kappa shape index (κ2) is 4.86. The molecular formula is C17H20F2N2. The van der Waals surface area contributed by atoms with Crippen LogP contribution in [0.5, 0.6) is 0 Å². The highest BCUT2D eigenvalue weighted by atomic mass is 19.1. The van der Waals surface area contributed by atoms with Gasteiger partial charge in [-0.25, -0.2) is 8.78 Å². The van der Waals surface area contributed by atoms with Gasteiger partial charge in [-0.2, -0.15) is 0 Å². The molecule has 0 aliphatic carbocycles. The molecule has 1 atom stereocenters. The Morgan fingerprint density at radius 3 is 2.81 bits per heavy atom. The number of hydrogen-bond acceptors (Lipinski definition) is 2. The third kappa shape index (κ3) is 2.55. The van der Waals surface area contributed by atoms with E-state index >= 15 is 0 Å². The predicted octanol–water partition coefficient (Wildman–Crippen LogP) is 3.22. The van der Waals surface area contributed by atoms with E-state index in [2.05, 4.69) is 36.3 Å². The maximum atomic E-state index is 13.8. The standard InChI is InChI=1S/C17H20F2N2/c1-17(2)10-20-15-7-11(9-21(3)16(15)17)6-12-4-5-13(18)8-14(12)19/h4-5,7-9,16,20H,6,10H2,1-3H3. The summed E-state index contributed by atoms with van der Waals surface area (Å²) < 4.78 is 26.7. The summed E-state index contributed by atoms with van der Waals surface area (Å²) in [4.78, 5) is 2.19. The smallest absolute Gasteiger partial charge is 0.129 e. The van der Waals surface area contributed by atoms with Crippen molar-refractivity contribution in [3.63, 3.8) is 0 Å². The summed E-state index contributed by atoms with van der Waals surface area (Å²) in [5.41, 5.74) is 2.90. The first kappa shape index (κ1) is 14.1. The fourth-order valence-corrected chi connectivity index (χ4v) is 3.40. The van der Waals surface area contributed by atoms with Crippen molar-refractivity contribution in [3.05, 3.63) is 58.9 Å².